The molecule has 1 aliphatic heterocycles. The number of nitrogens with one attached hydrogen (secondary N) is 3. The van der Waals surface area contributed by atoms with E-state index in [0.717, 1.165) is 29.8 Å². The van der Waals surface area contributed by atoms with Gasteiger partial charge < -0.3 is 5.32 Å². The van der Waals surface area contributed by atoms with Crippen molar-refractivity contribution in [3.05, 3.63) is 51.2 Å². The third-order valence-corrected chi connectivity index (χ3v) is 5.99. The summed E-state index contributed by atoms with van der Waals surface area (Å²) < 4.78 is 13.0. The van der Waals surface area contributed by atoms with E-state index in [1.807, 2.05) is 0 Å². The summed E-state index contributed by atoms with van der Waals surface area (Å²) in [5.74, 6) is -0.265. The smallest absolute Gasteiger partial charge is 0.238 e. The minimum absolute atomic E-state index is 0.0123. The molecule has 2 aliphatic rings. The zero-order valence-electron chi connectivity index (χ0n) is 13.8. The lowest BCUT2D eigenvalue weighted by atomic mass is 10.0. The van der Waals surface area contributed by atoms with Gasteiger partial charge in [-0.25, -0.2) is 20.2 Å². The van der Waals surface area contributed by atoms with E-state index in [4.69, 9.17) is 0 Å². The van der Waals surface area contributed by atoms with Gasteiger partial charge in [0.05, 0.1) is 10.7 Å². The minimum Gasteiger partial charge on any atom is -0.354 e. The van der Waals surface area contributed by atoms with Crippen LogP contribution in [0.2, 0.25) is 0 Å². The molecule has 1 fully saturated rings. The number of aromatic nitrogens is 1. The molecule has 0 bridgehead atoms. The molecule has 5 nitrogen and oxygen atoms in total. The van der Waals surface area contributed by atoms with E-state index in [1.54, 1.807) is 23.5 Å². The normalized spacial score (nSPS) is 22.1. The maximum absolute atomic E-state index is 13.0. The standard InChI is InChI=1S/C18H21FN4OS/c19-12-6-4-11(5-7-12)14-10-15(23-22-14)18(24)20-9-8-17-21-13-2-1-3-16(13)25-17/h4-7,14-15,22-23H,1-3,8-10H2,(H,20,24). The third kappa shape index (κ3) is 3.73. The van der Waals surface area contributed by atoms with Crippen LogP contribution in [0.15, 0.2) is 24.3 Å². The van der Waals surface area contributed by atoms with Crippen LogP contribution in [0.3, 0.4) is 0 Å². The van der Waals surface area contributed by atoms with E-state index >= 15 is 0 Å². The highest BCUT2D eigenvalue weighted by atomic mass is 32.1. The third-order valence-electron chi connectivity index (χ3n) is 4.77. The largest absolute Gasteiger partial charge is 0.354 e. The molecule has 2 aromatic rings. The molecule has 1 amide bonds. The Balaban J connectivity index is 1.25. The number of fused-ring (bicyclic) bond motifs is 1. The van der Waals surface area contributed by atoms with Crippen LogP contribution in [-0.4, -0.2) is 23.5 Å². The summed E-state index contributed by atoms with van der Waals surface area (Å²) in [4.78, 5) is 18.4. The van der Waals surface area contributed by atoms with Crippen LogP contribution in [-0.2, 0) is 24.1 Å². The first-order valence-corrected chi connectivity index (χ1v) is 9.52. The number of aryl methyl sites for hydroxylation is 2. The number of hydrogen-bond donors (Lipinski definition) is 3. The number of halogens is 1. The molecule has 2 heterocycles. The van der Waals surface area contributed by atoms with E-state index in [9.17, 15) is 9.18 Å². The highest BCUT2D eigenvalue weighted by Crippen LogP contribution is 2.27. The van der Waals surface area contributed by atoms with Gasteiger partial charge in [0.25, 0.3) is 0 Å². The Hall–Kier alpha value is -1.83. The monoisotopic (exact) mass is 360 g/mol. The SMILES string of the molecule is O=C(NCCc1nc2c(s1)CCC2)C1CC(c2ccc(F)cc2)NN1. The van der Waals surface area contributed by atoms with Gasteiger partial charge in [-0.1, -0.05) is 12.1 Å². The summed E-state index contributed by atoms with van der Waals surface area (Å²) in [6, 6.07) is 6.11. The number of benzene rings is 1. The first-order chi connectivity index (χ1) is 12.2. The fraction of sp³-hybridized carbons (Fsp3) is 0.444. The second kappa shape index (κ2) is 7.19. The number of rotatable bonds is 5. The highest BCUT2D eigenvalue weighted by Gasteiger charge is 2.29. The summed E-state index contributed by atoms with van der Waals surface area (Å²) in [6.45, 7) is 0.602. The molecule has 3 N–H and O–H groups in total. The number of nitrogens with zero attached hydrogens (tertiary/aromatic N) is 1. The molecule has 0 spiro atoms. The fourth-order valence-electron chi connectivity index (χ4n) is 3.41. The lowest BCUT2D eigenvalue weighted by Crippen LogP contribution is -2.43. The molecule has 132 valence electrons. The van der Waals surface area contributed by atoms with Crippen molar-refractivity contribution in [2.75, 3.05) is 6.54 Å². The molecule has 4 rings (SSSR count). The van der Waals surface area contributed by atoms with Crippen LogP contribution in [0.4, 0.5) is 4.39 Å². The molecule has 1 aromatic heterocycles. The Morgan fingerprint density at radius 3 is 2.92 bits per heavy atom. The summed E-state index contributed by atoms with van der Waals surface area (Å²) >= 11 is 1.78. The molecule has 1 aromatic carbocycles. The van der Waals surface area contributed by atoms with Gasteiger partial charge in [0.15, 0.2) is 0 Å². The van der Waals surface area contributed by atoms with Crippen molar-refractivity contribution in [3.63, 3.8) is 0 Å². The fourth-order valence-corrected chi connectivity index (χ4v) is 4.56. The van der Waals surface area contributed by atoms with Crippen molar-refractivity contribution in [2.45, 2.75) is 44.2 Å². The summed E-state index contributed by atoms with van der Waals surface area (Å²) in [5, 5.41) is 4.10. The van der Waals surface area contributed by atoms with Gasteiger partial charge in [0.1, 0.15) is 11.9 Å². The average molecular weight is 360 g/mol. The quantitative estimate of drug-likeness (QED) is 0.763. The first kappa shape index (κ1) is 16.6. The van der Waals surface area contributed by atoms with E-state index < -0.39 is 0 Å². The van der Waals surface area contributed by atoms with Crippen molar-refractivity contribution in [2.24, 2.45) is 0 Å². The van der Waals surface area contributed by atoms with E-state index in [0.29, 0.717) is 13.0 Å². The molecular weight excluding hydrogens is 339 g/mol. The van der Waals surface area contributed by atoms with Crippen LogP contribution in [0.25, 0.3) is 0 Å². The molecular formula is C18H21FN4OS. The number of hydrogen-bond acceptors (Lipinski definition) is 5. The second-order valence-electron chi connectivity index (χ2n) is 6.55. The summed E-state index contributed by atoms with van der Waals surface area (Å²) in [5.41, 5.74) is 8.38. The lowest BCUT2D eigenvalue weighted by Gasteiger charge is -2.10. The molecule has 25 heavy (non-hydrogen) atoms. The highest BCUT2D eigenvalue weighted by molar-refractivity contribution is 7.11. The predicted molar refractivity (Wildman–Crippen MR) is 94.7 cm³/mol. The molecule has 2 atom stereocenters. The zero-order chi connectivity index (χ0) is 17.2. The van der Waals surface area contributed by atoms with Crippen molar-refractivity contribution in [1.82, 2.24) is 21.2 Å². The maximum Gasteiger partial charge on any atom is 0.238 e. The average Bonchev–Trinajstić information content (AvgIpc) is 3.31. The van der Waals surface area contributed by atoms with Gasteiger partial charge >= 0.3 is 0 Å². The van der Waals surface area contributed by atoms with E-state index in [2.05, 4.69) is 21.2 Å². The zero-order valence-corrected chi connectivity index (χ0v) is 14.7. The molecule has 0 radical (unpaired) electrons. The van der Waals surface area contributed by atoms with Crippen LogP contribution < -0.4 is 16.2 Å². The Kier molecular flexibility index (Phi) is 4.78. The first-order valence-electron chi connectivity index (χ1n) is 8.71. The lowest BCUT2D eigenvalue weighted by molar-refractivity contribution is -0.122. The molecule has 2 unspecified atom stereocenters. The van der Waals surface area contributed by atoms with Crippen LogP contribution >= 0.6 is 11.3 Å². The maximum atomic E-state index is 13.0. The predicted octanol–water partition coefficient (Wildman–Crippen LogP) is 2.04. The van der Waals surface area contributed by atoms with Gasteiger partial charge in [-0.2, -0.15) is 0 Å². The number of carbonyl (C=O) groups is 1. The van der Waals surface area contributed by atoms with E-state index in [-0.39, 0.29) is 23.8 Å². The topological polar surface area (TPSA) is 66.0 Å². The van der Waals surface area contributed by atoms with Gasteiger partial charge in [0.2, 0.25) is 5.91 Å². The van der Waals surface area contributed by atoms with Crippen molar-refractivity contribution >= 4 is 17.2 Å². The van der Waals surface area contributed by atoms with Gasteiger partial charge in [0, 0.05) is 23.9 Å². The minimum atomic E-state index is -0.281. The van der Waals surface area contributed by atoms with Crippen LogP contribution in [0.5, 0.6) is 0 Å². The Morgan fingerprint density at radius 1 is 1.28 bits per heavy atom. The summed E-state index contributed by atoms with van der Waals surface area (Å²) in [6.07, 6.45) is 4.90. The van der Waals surface area contributed by atoms with Gasteiger partial charge in [-0.15, -0.1) is 11.3 Å². The van der Waals surface area contributed by atoms with Crippen LogP contribution in [0, 0.1) is 5.82 Å². The summed E-state index contributed by atoms with van der Waals surface area (Å²) in [7, 11) is 0. The van der Waals surface area contributed by atoms with Crippen molar-refractivity contribution in [3.8, 4) is 0 Å². The Morgan fingerprint density at radius 2 is 2.12 bits per heavy atom. The Bertz CT molecular complexity index is 739. The van der Waals surface area contributed by atoms with Gasteiger partial charge in [-0.05, 0) is 43.4 Å². The number of hydrazine groups is 1. The van der Waals surface area contributed by atoms with E-state index in [1.165, 1.54) is 29.1 Å². The Labute approximate surface area is 150 Å². The van der Waals surface area contributed by atoms with Gasteiger partial charge in [-0.3, -0.25) is 4.79 Å². The second-order valence-corrected chi connectivity index (χ2v) is 7.72. The number of thiazole rings is 1. The molecule has 7 heteroatoms. The van der Waals surface area contributed by atoms with Crippen molar-refractivity contribution in [1.29, 1.82) is 0 Å². The molecule has 1 saturated heterocycles. The number of amides is 1. The number of carbonyl (C=O) groups excluding carboxylic acids is 1. The molecule has 0 saturated carbocycles. The van der Waals surface area contributed by atoms with Crippen LogP contribution in [0.1, 0.15) is 40.0 Å². The van der Waals surface area contributed by atoms with Crippen molar-refractivity contribution < 1.29 is 9.18 Å². The molecule has 1 aliphatic carbocycles.